The minimum absolute atomic E-state index is 0. The van der Waals surface area contributed by atoms with Gasteiger partial charge in [0.25, 0.3) is 0 Å². The smallest absolute Gasteiger partial charge is 0.206 e. The molecule has 20 heteroatoms. The van der Waals surface area contributed by atoms with Crippen molar-refractivity contribution in [3.8, 4) is 0 Å². The third-order valence-corrected chi connectivity index (χ3v) is 16.6. The van der Waals surface area contributed by atoms with Gasteiger partial charge in [-0.3, -0.25) is 0 Å². The van der Waals surface area contributed by atoms with Gasteiger partial charge in [0.1, 0.15) is 33.7 Å². The summed E-state index contributed by atoms with van der Waals surface area (Å²) in [6.07, 6.45) is 0. The fraction of sp³-hybridized carbons (Fsp3) is 0.333. The number of methoxy groups -OCH3 is 4. The standard InChI is InChI=1S/C21H30N2O5S.C20H28N2O4S.C12H12N2O2S.CH4/c1-5-22(6-2)18-7-11-20(12-8-18)29(24,25)21-13-9-19(10-14-21)23(15-26-3)16-28-17-27-4;1-5-21(6-2)17-7-11-19(12-8-17)27(23,24)20-13-9-18(10-14-20)22(15-25-3)16-26-4;13-9-1-5-11(6-2-9)17(15,16)12-7-3-10(14)4-8-12;/h7-14H,5-6,15-17H2,1-4H3;7-14H,5-6,15-16H2,1-4H3;1-8H,13-14H2;1H4. The summed E-state index contributed by atoms with van der Waals surface area (Å²) in [7, 11) is -4.30. The summed E-state index contributed by atoms with van der Waals surface area (Å²) in [5, 5.41) is 0. The molecule has 4 N–H and O–H groups in total. The molecule has 74 heavy (non-hydrogen) atoms. The highest BCUT2D eigenvalue weighted by molar-refractivity contribution is 7.92. The quantitative estimate of drug-likeness (QED) is 0.0329. The SMILES string of the molecule is C.CCN(CC)c1ccc(S(=O)(=O)c2ccc(N(COC)COC)cc2)cc1.CCN(CC)c1ccc(S(=O)(=O)c2ccc(N(COC)COCOC)cc2)cc1.Nc1ccc(S(=O)(=O)c2ccc(N)cc2)cc1. The van der Waals surface area contributed by atoms with Crippen LogP contribution in [-0.2, 0) is 53.2 Å². The predicted molar refractivity (Wildman–Crippen MR) is 296 cm³/mol. The molecule has 0 spiro atoms. The molecule has 0 bridgehead atoms. The van der Waals surface area contributed by atoms with Crippen molar-refractivity contribution in [3.63, 3.8) is 0 Å². The van der Waals surface area contributed by atoms with E-state index in [1.54, 1.807) is 126 Å². The number of anilines is 6. The predicted octanol–water partition coefficient (Wildman–Crippen LogP) is 9.05. The second kappa shape index (κ2) is 30.2. The van der Waals surface area contributed by atoms with Crippen LogP contribution in [0.4, 0.5) is 34.1 Å². The molecule has 0 radical (unpaired) electrons. The van der Waals surface area contributed by atoms with Gasteiger partial charge in [-0.05, 0) is 173 Å². The Bertz CT molecular complexity index is 2830. The summed E-state index contributed by atoms with van der Waals surface area (Å²) in [6.45, 7) is 13.2. The normalized spacial score (nSPS) is 11.2. The van der Waals surface area contributed by atoms with Crippen LogP contribution in [0.3, 0.4) is 0 Å². The van der Waals surface area contributed by atoms with Gasteiger partial charge >= 0.3 is 0 Å². The maximum absolute atomic E-state index is 13.0. The van der Waals surface area contributed by atoms with Gasteiger partial charge < -0.3 is 54.8 Å². The topological polar surface area (TPSA) is 214 Å². The molecule has 0 amide bonds. The van der Waals surface area contributed by atoms with Gasteiger partial charge in [0.2, 0.25) is 29.5 Å². The van der Waals surface area contributed by atoms with E-state index < -0.39 is 29.5 Å². The van der Waals surface area contributed by atoms with Crippen LogP contribution < -0.4 is 31.1 Å². The number of nitrogens with zero attached hydrogens (tertiary/aromatic N) is 4. The fourth-order valence-electron chi connectivity index (χ4n) is 7.30. The second-order valence-electron chi connectivity index (χ2n) is 16.0. The van der Waals surface area contributed by atoms with Gasteiger partial charge in [0.05, 0.1) is 29.4 Å². The number of nitrogen functional groups attached to an aromatic ring is 2. The van der Waals surface area contributed by atoms with Crippen LogP contribution >= 0.6 is 0 Å². The van der Waals surface area contributed by atoms with Gasteiger partial charge in [-0.25, -0.2) is 25.3 Å². The molecule has 0 heterocycles. The Hall–Kier alpha value is -6.23. The molecule has 0 aliphatic carbocycles. The lowest BCUT2D eigenvalue weighted by molar-refractivity contribution is -0.0343. The van der Waals surface area contributed by atoms with E-state index in [1.165, 1.54) is 24.3 Å². The van der Waals surface area contributed by atoms with E-state index in [2.05, 4.69) is 37.5 Å². The third kappa shape index (κ3) is 16.9. The van der Waals surface area contributed by atoms with Crippen LogP contribution in [0, 0.1) is 0 Å². The van der Waals surface area contributed by atoms with E-state index in [0.717, 1.165) is 48.9 Å². The molecular formula is C54H74N6O11S3. The molecule has 0 saturated heterocycles. The number of sulfone groups is 3. The first-order valence-electron chi connectivity index (χ1n) is 23.3. The van der Waals surface area contributed by atoms with Crippen molar-refractivity contribution in [2.75, 3.05) is 119 Å². The zero-order chi connectivity index (χ0) is 53.6. The summed E-state index contributed by atoms with van der Waals surface area (Å²) in [5.74, 6) is 0. The van der Waals surface area contributed by atoms with E-state index in [-0.39, 0.29) is 50.3 Å². The minimum atomic E-state index is -3.59. The average Bonchev–Trinajstić information content (AvgIpc) is 3.40. The lowest BCUT2D eigenvalue weighted by atomic mass is 10.3. The zero-order valence-corrected chi connectivity index (χ0v) is 45.3. The van der Waals surface area contributed by atoms with Crippen LogP contribution in [0.15, 0.2) is 175 Å². The summed E-state index contributed by atoms with van der Waals surface area (Å²) in [5.41, 5.74) is 15.7. The van der Waals surface area contributed by atoms with Crippen LogP contribution in [-0.4, -0.2) is 114 Å². The Kier molecular flexibility index (Phi) is 25.3. The number of rotatable bonds is 24. The summed E-state index contributed by atoms with van der Waals surface area (Å²) < 4.78 is 102. The number of hydrogen-bond donors (Lipinski definition) is 2. The van der Waals surface area contributed by atoms with Crippen molar-refractivity contribution < 1.29 is 48.9 Å². The Labute approximate surface area is 439 Å². The van der Waals surface area contributed by atoms with E-state index in [1.807, 2.05) is 34.1 Å². The van der Waals surface area contributed by atoms with E-state index >= 15 is 0 Å². The molecular weight excluding hydrogens is 1000 g/mol. The van der Waals surface area contributed by atoms with Crippen molar-refractivity contribution in [1.82, 2.24) is 0 Å². The summed E-state index contributed by atoms with van der Waals surface area (Å²) >= 11 is 0. The highest BCUT2D eigenvalue weighted by atomic mass is 32.2. The molecule has 0 unspecified atom stereocenters. The van der Waals surface area contributed by atoms with E-state index in [9.17, 15) is 25.3 Å². The first-order chi connectivity index (χ1) is 34.9. The maximum atomic E-state index is 13.0. The highest BCUT2D eigenvalue weighted by Crippen LogP contribution is 2.28. The monoisotopic (exact) mass is 1080 g/mol. The van der Waals surface area contributed by atoms with Crippen molar-refractivity contribution in [2.24, 2.45) is 0 Å². The Morgan fingerprint density at radius 2 is 0.554 bits per heavy atom. The van der Waals surface area contributed by atoms with Crippen LogP contribution in [0.25, 0.3) is 0 Å². The van der Waals surface area contributed by atoms with Crippen molar-refractivity contribution in [2.45, 2.75) is 64.5 Å². The molecule has 6 rings (SSSR count). The fourth-order valence-corrected chi connectivity index (χ4v) is 11.1. The zero-order valence-electron chi connectivity index (χ0n) is 42.9. The van der Waals surface area contributed by atoms with E-state index in [4.69, 9.17) is 35.2 Å². The molecule has 6 aromatic rings. The van der Waals surface area contributed by atoms with Crippen LogP contribution in [0.5, 0.6) is 0 Å². The average molecular weight is 1080 g/mol. The Morgan fingerprint density at radius 3 is 0.770 bits per heavy atom. The van der Waals surface area contributed by atoms with Crippen molar-refractivity contribution in [1.29, 1.82) is 0 Å². The molecule has 0 saturated carbocycles. The van der Waals surface area contributed by atoms with E-state index in [0.29, 0.717) is 31.6 Å². The molecule has 17 nitrogen and oxygen atoms in total. The lowest BCUT2D eigenvalue weighted by Crippen LogP contribution is -2.28. The van der Waals surface area contributed by atoms with Gasteiger partial charge in [0.15, 0.2) is 0 Å². The van der Waals surface area contributed by atoms with Gasteiger partial charge in [-0.1, -0.05) is 7.43 Å². The number of ether oxygens (including phenoxy) is 5. The van der Waals surface area contributed by atoms with Gasteiger partial charge in [-0.15, -0.1) is 0 Å². The minimum Gasteiger partial charge on any atom is -0.399 e. The largest absolute Gasteiger partial charge is 0.399 e. The third-order valence-electron chi connectivity index (χ3n) is 11.3. The molecule has 0 aromatic heterocycles. The number of nitrogens with two attached hydrogens (primary N) is 2. The highest BCUT2D eigenvalue weighted by Gasteiger charge is 2.21. The van der Waals surface area contributed by atoms with Crippen molar-refractivity contribution >= 4 is 63.6 Å². The van der Waals surface area contributed by atoms with Crippen LogP contribution in [0.2, 0.25) is 0 Å². The molecule has 404 valence electrons. The van der Waals surface area contributed by atoms with Crippen molar-refractivity contribution in [3.05, 3.63) is 146 Å². The maximum Gasteiger partial charge on any atom is 0.206 e. The Balaban J connectivity index is 0.000000300. The molecule has 6 aromatic carbocycles. The summed E-state index contributed by atoms with van der Waals surface area (Å²) in [6, 6.07) is 39.7. The molecule has 0 aliphatic heterocycles. The molecule has 0 fully saturated rings. The first-order valence-corrected chi connectivity index (χ1v) is 27.8. The number of benzene rings is 6. The Morgan fingerprint density at radius 1 is 0.338 bits per heavy atom. The van der Waals surface area contributed by atoms with Crippen LogP contribution in [0.1, 0.15) is 35.1 Å². The lowest BCUT2D eigenvalue weighted by Gasteiger charge is -2.23. The molecule has 0 aliphatic rings. The first kappa shape index (κ1) is 62.1. The second-order valence-corrected chi connectivity index (χ2v) is 21.9. The van der Waals surface area contributed by atoms with Gasteiger partial charge in [-0.2, -0.15) is 0 Å². The van der Waals surface area contributed by atoms with Gasteiger partial charge in [0, 0.05) is 88.7 Å². The number of hydrogen-bond acceptors (Lipinski definition) is 17. The summed E-state index contributed by atoms with van der Waals surface area (Å²) in [4.78, 5) is 9.53. The molecule has 0 atom stereocenters.